The van der Waals surface area contributed by atoms with E-state index in [0.29, 0.717) is 0 Å². The molecule has 21 heavy (non-hydrogen) atoms. The van der Waals surface area contributed by atoms with Crippen LogP contribution in [0, 0.1) is 9.39 Å². The number of aromatic nitrogens is 2. The molecule has 1 heterocycles. The fourth-order valence-electron chi connectivity index (χ4n) is 2.34. The Bertz CT molecular complexity index is 615. The highest BCUT2D eigenvalue weighted by Gasteiger charge is 2.23. The first-order chi connectivity index (χ1) is 10.1. The molecule has 114 valence electrons. The summed E-state index contributed by atoms with van der Waals surface area (Å²) >= 11 is 5.78. The molecule has 0 amide bonds. The quantitative estimate of drug-likeness (QED) is 0.636. The predicted octanol–water partition coefficient (Wildman–Crippen LogP) is 4.50. The summed E-state index contributed by atoms with van der Waals surface area (Å²) in [6.45, 7) is 5.88. The third-order valence-corrected chi connectivity index (χ3v) is 4.77. The van der Waals surface area contributed by atoms with Crippen molar-refractivity contribution < 1.29 is 4.39 Å². The minimum atomic E-state index is -0.209. The van der Waals surface area contributed by atoms with Crippen molar-refractivity contribution in [2.24, 2.45) is 0 Å². The average Bonchev–Trinajstić information content (AvgIpc) is 2.79. The summed E-state index contributed by atoms with van der Waals surface area (Å²) in [5.74, 6) is -0.209. The molecule has 0 aliphatic carbocycles. The molecule has 2 aromatic rings. The van der Waals surface area contributed by atoms with Crippen molar-refractivity contribution in [3.05, 3.63) is 49.5 Å². The molecular weight excluding hydrogens is 448 g/mol. The fourth-order valence-corrected chi connectivity index (χ4v) is 3.66. The number of nitrogens with zero attached hydrogens (tertiary/aromatic N) is 2. The molecule has 3 nitrogen and oxygen atoms in total. The molecule has 1 N–H and O–H groups in total. The molecule has 0 radical (unpaired) electrons. The molecule has 1 aromatic carbocycles. The normalized spacial score (nSPS) is 12.6. The van der Waals surface area contributed by atoms with Gasteiger partial charge in [-0.25, -0.2) is 4.39 Å². The average molecular weight is 466 g/mol. The molecule has 0 bridgehead atoms. The van der Waals surface area contributed by atoms with Gasteiger partial charge >= 0.3 is 0 Å². The summed E-state index contributed by atoms with van der Waals surface area (Å²) in [6, 6.07) is 4.91. The molecule has 6 heteroatoms. The third-order valence-electron chi connectivity index (χ3n) is 3.22. The third kappa shape index (κ3) is 3.84. The second-order valence-electron chi connectivity index (χ2n) is 4.76. The van der Waals surface area contributed by atoms with Gasteiger partial charge in [0.25, 0.3) is 0 Å². The lowest BCUT2D eigenvalue weighted by molar-refractivity contribution is 0.517. The largest absolute Gasteiger partial charge is 0.305 e. The van der Waals surface area contributed by atoms with Crippen LogP contribution >= 0.6 is 38.5 Å². The lowest BCUT2D eigenvalue weighted by atomic mass is 10.0. The molecule has 0 aliphatic rings. The second kappa shape index (κ2) is 7.69. The summed E-state index contributed by atoms with van der Waals surface area (Å²) in [5.41, 5.74) is 2.15. The molecule has 0 saturated carbocycles. The van der Waals surface area contributed by atoms with E-state index in [1.807, 2.05) is 16.9 Å². The van der Waals surface area contributed by atoms with Crippen LogP contribution in [-0.4, -0.2) is 16.3 Å². The van der Waals surface area contributed by atoms with Crippen molar-refractivity contribution >= 4 is 38.5 Å². The van der Waals surface area contributed by atoms with Crippen LogP contribution in [0.15, 0.2) is 28.9 Å². The van der Waals surface area contributed by atoms with Gasteiger partial charge in [-0.2, -0.15) is 5.10 Å². The van der Waals surface area contributed by atoms with Gasteiger partial charge in [-0.15, -0.1) is 0 Å². The van der Waals surface area contributed by atoms with E-state index < -0.39 is 0 Å². The summed E-state index contributed by atoms with van der Waals surface area (Å²) < 4.78 is 17.3. The van der Waals surface area contributed by atoms with Gasteiger partial charge in [0.2, 0.25) is 0 Å². The van der Waals surface area contributed by atoms with E-state index in [4.69, 9.17) is 0 Å². The number of aryl methyl sites for hydroxylation is 1. The SMILES string of the molecule is CCCn1ncc(Br)c1C(NCC)c1ccc(F)cc1I. The zero-order valence-electron chi connectivity index (χ0n) is 12.0. The van der Waals surface area contributed by atoms with Crippen molar-refractivity contribution in [3.8, 4) is 0 Å². The van der Waals surface area contributed by atoms with Crippen LogP contribution in [0.4, 0.5) is 4.39 Å². The van der Waals surface area contributed by atoms with Crippen LogP contribution in [0.2, 0.25) is 0 Å². The van der Waals surface area contributed by atoms with Crippen molar-refractivity contribution in [1.82, 2.24) is 15.1 Å². The highest BCUT2D eigenvalue weighted by molar-refractivity contribution is 14.1. The van der Waals surface area contributed by atoms with E-state index in [9.17, 15) is 4.39 Å². The number of halogens is 3. The molecule has 0 fully saturated rings. The first-order valence-electron chi connectivity index (χ1n) is 6.98. The Labute approximate surface area is 146 Å². The van der Waals surface area contributed by atoms with Crippen LogP contribution in [0.1, 0.15) is 37.6 Å². The van der Waals surface area contributed by atoms with Crippen LogP contribution in [0.25, 0.3) is 0 Å². The Morgan fingerprint density at radius 3 is 2.81 bits per heavy atom. The first-order valence-corrected chi connectivity index (χ1v) is 8.85. The zero-order valence-corrected chi connectivity index (χ0v) is 15.8. The van der Waals surface area contributed by atoms with Gasteiger partial charge in [-0.1, -0.05) is 19.9 Å². The van der Waals surface area contributed by atoms with E-state index in [2.05, 4.69) is 62.8 Å². The van der Waals surface area contributed by atoms with Crippen LogP contribution < -0.4 is 5.32 Å². The molecular formula is C15H18BrFIN3. The molecule has 2 rings (SSSR count). The molecule has 0 aliphatic heterocycles. The maximum atomic E-state index is 13.4. The number of benzene rings is 1. The Balaban J connectivity index is 2.50. The smallest absolute Gasteiger partial charge is 0.124 e. The molecule has 0 spiro atoms. The maximum absolute atomic E-state index is 13.4. The lowest BCUT2D eigenvalue weighted by Gasteiger charge is -2.22. The topological polar surface area (TPSA) is 29.9 Å². The Kier molecular flexibility index (Phi) is 6.19. The standard InChI is InChI=1S/C15H18BrFIN3/c1-3-7-21-15(12(16)9-20-21)14(19-4-2)11-6-5-10(17)8-13(11)18/h5-6,8-9,14,19H,3-4,7H2,1-2H3. The zero-order chi connectivity index (χ0) is 15.4. The van der Waals surface area contributed by atoms with Crippen molar-refractivity contribution in [3.63, 3.8) is 0 Å². The fraction of sp³-hybridized carbons (Fsp3) is 0.400. The van der Waals surface area contributed by atoms with Gasteiger partial charge in [-0.05, 0) is 69.2 Å². The number of hydrogen-bond acceptors (Lipinski definition) is 2. The van der Waals surface area contributed by atoms with Gasteiger partial charge in [0.05, 0.1) is 22.4 Å². The monoisotopic (exact) mass is 465 g/mol. The molecule has 1 aromatic heterocycles. The molecule has 1 atom stereocenters. The Hall–Kier alpha value is -0.470. The summed E-state index contributed by atoms with van der Waals surface area (Å²) in [6.07, 6.45) is 2.84. The first kappa shape index (κ1) is 16.9. The molecule has 0 saturated heterocycles. The Morgan fingerprint density at radius 2 is 2.19 bits per heavy atom. The van der Waals surface area contributed by atoms with Gasteiger partial charge in [0.1, 0.15) is 5.82 Å². The van der Waals surface area contributed by atoms with Gasteiger partial charge in [-0.3, -0.25) is 4.68 Å². The van der Waals surface area contributed by atoms with Crippen LogP contribution in [-0.2, 0) is 6.54 Å². The highest BCUT2D eigenvalue weighted by atomic mass is 127. The lowest BCUT2D eigenvalue weighted by Crippen LogP contribution is -2.26. The van der Waals surface area contributed by atoms with Crippen LogP contribution in [0.5, 0.6) is 0 Å². The summed E-state index contributed by atoms with van der Waals surface area (Å²) in [5, 5.41) is 7.92. The summed E-state index contributed by atoms with van der Waals surface area (Å²) in [7, 11) is 0. The number of hydrogen-bond donors (Lipinski definition) is 1. The summed E-state index contributed by atoms with van der Waals surface area (Å²) in [4.78, 5) is 0. The van der Waals surface area contributed by atoms with E-state index in [0.717, 1.165) is 38.8 Å². The Morgan fingerprint density at radius 1 is 1.43 bits per heavy atom. The predicted molar refractivity (Wildman–Crippen MR) is 94.9 cm³/mol. The minimum absolute atomic E-state index is 0.00840. The van der Waals surface area contributed by atoms with E-state index in [-0.39, 0.29) is 11.9 Å². The molecule has 1 unspecified atom stereocenters. The van der Waals surface area contributed by atoms with Crippen molar-refractivity contribution in [2.45, 2.75) is 32.9 Å². The van der Waals surface area contributed by atoms with E-state index in [1.54, 1.807) is 6.07 Å². The van der Waals surface area contributed by atoms with Gasteiger partial charge in [0.15, 0.2) is 0 Å². The second-order valence-corrected chi connectivity index (χ2v) is 6.77. The van der Waals surface area contributed by atoms with Crippen LogP contribution in [0.3, 0.4) is 0 Å². The number of rotatable bonds is 6. The van der Waals surface area contributed by atoms with E-state index >= 15 is 0 Å². The van der Waals surface area contributed by atoms with E-state index in [1.165, 1.54) is 6.07 Å². The van der Waals surface area contributed by atoms with Crippen molar-refractivity contribution in [1.29, 1.82) is 0 Å². The van der Waals surface area contributed by atoms with Crippen molar-refractivity contribution in [2.75, 3.05) is 6.54 Å². The maximum Gasteiger partial charge on any atom is 0.124 e. The highest BCUT2D eigenvalue weighted by Crippen LogP contribution is 2.31. The van der Waals surface area contributed by atoms with Gasteiger partial charge < -0.3 is 5.32 Å². The minimum Gasteiger partial charge on any atom is -0.305 e. The van der Waals surface area contributed by atoms with Gasteiger partial charge in [0, 0.05) is 10.1 Å². The number of nitrogens with one attached hydrogen (secondary N) is 1.